The fourth-order valence-corrected chi connectivity index (χ4v) is 19.5. The predicted molar refractivity (Wildman–Crippen MR) is 497 cm³/mol. The van der Waals surface area contributed by atoms with E-state index in [1.165, 1.54) is 88.2 Å². The number of hydrogen-bond acceptors (Lipinski definition) is 4. The Morgan fingerprint density at radius 2 is 0.941 bits per heavy atom. The summed E-state index contributed by atoms with van der Waals surface area (Å²) < 4.78 is 14.0. The van der Waals surface area contributed by atoms with Crippen molar-refractivity contribution in [1.82, 2.24) is 0 Å². The molecule has 5 aliphatic carbocycles. The largest absolute Gasteiger partial charge is 0.459 e. The van der Waals surface area contributed by atoms with E-state index in [4.69, 9.17) is 8.83 Å². The minimum absolute atomic E-state index is 0.154. The number of hydrogen-bond donors (Lipinski definition) is 0. The zero-order valence-corrected chi connectivity index (χ0v) is 65.5. The molecule has 562 valence electrons. The van der Waals surface area contributed by atoms with Gasteiger partial charge < -0.3 is 18.6 Å². The molecule has 0 spiro atoms. The number of anilines is 4. The molecule has 0 saturated carbocycles. The molecular weight excluding hydrogens is 1430 g/mol. The first-order chi connectivity index (χ1) is 58.5. The van der Waals surface area contributed by atoms with Gasteiger partial charge in [0.25, 0.3) is 0 Å². The Kier molecular flexibility index (Phi) is 18.0. The standard InChI is InChI=1S/C114H84N2O2/c1-3-23-75(24-4-1)76-57-63-92(64-58-76)115(95-38-17-37-90(73-95)98-44-18-29-81-27-7-9-40-97(81)98)93-65-59-79(60-66-93)83-30-13-34-87(69-83)100-45-22-52-110-111(100)108-51-21-48-103(114(108)117-110)89-36-15-32-85(71-89)80-61-67-94(68-62-80)116(109-74-91-28-8-10-41-99(91)104-42-11-12-43-105(104)109)96-39-16-33-86(72-96)78-55-53-77(54-56-78)84-31-14-35-88(70-84)102-47-20-50-107-106-49-19-46-101(112(106)118-113(102)107)82-25-5-2-6-26-82/h1-3,5-23,25-45,47-65,67-68,70-72,74,83,90,93,101H,4,24,46,66,69,73H2. The second-order valence-corrected chi connectivity index (χ2v) is 32.2. The molecule has 0 fully saturated rings. The highest BCUT2D eigenvalue weighted by Crippen LogP contribution is 2.49. The van der Waals surface area contributed by atoms with E-state index in [1.54, 1.807) is 0 Å². The molecule has 0 aliphatic heterocycles. The van der Waals surface area contributed by atoms with E-state index in [-0.39, 0.29) is 23.8 Å². The summed E-state index contributed by atoms with van der Waals surface area (Å²) in [5.41, 5.74) is 30.2. The number of fused-ring (bicyclic) bond motifs is 10. The first-order valence-electron chi connectivity index (χ1n) is 41.8. The summed E-state index contributed by atoms with van der Waals surface area (Å²) in [5.74, 6) is 1.72. The number of benzene rings is 15. The van der Waals surface area contributed by atoms with E-state index < -0.39 is 0 Å². The Labute approximate surface area is 688 Å². The SMILES string of the molecule is C1=CCCC(c2ccc(N(C3=CC=CC(c4cccc5ccccc45)C3)C3C=CC(C4C=CC=C(c5cccc6oc7c(-c8cccc(-c9ccc(N(c%10cccc(-c%11ccc(-c%12cccc(-c%13cccc%14c%15c(oc%13%14)C(c%13ccccc%13)CC=C%15)c%12)cc%11)c%10)c%10cc%11ccccc%11c%11ccccc%10%11)cc9)c8)cccc7c56)C4)=CC3)cc2)=C1. The lowest BCUT2D eigenvalue weighted by Crippen LogP contribution is -2.35. The Balaban J connectivity index is 0.535. The first kappa shape index (κ1) is 70.3. The van der Waals surface area contributed by atoms with Gasteiger partial charge in [-0.05, 0) is 216 Å². The molecule has 0 saturated heterocycles. The van der Waals surface area contributed by atoms with Gasteiger partial charge in [0.2, 0.25) is 0 Å². The molecule has 0 bridgehead atoms. The highest BCUT2D eigenvalue weighted by molar-refractivity contribution is 6.16. The van der Waals surface area contributed by atoms with Crippen LogP contribution in [-0.4, -0.2) is 6.04 Å². The molecule has 0 N–H and O–H groups in total. The molecule has 15 aromatic carbocycles. The number of para-hydroxylation sites is 2. The molecule has 5 aliphatic rings. The molecule has 0 radical (unpaired) electrons. The maximum atomic E-state index is 7.06. The zero-order chi connectivity index (χ0) is 78.0. The monoisotopic (exact) mass is 1510 g/mol. The van der Waals surface area contributed by atoms with Gasteiger partial charge in [0.1, 0.15) is 22.5 Å². The molecular formula is C114H84N2O2. The van der Waals surface area contributed by atoms with Crippen LogP contribution in [0, 0.1) is 5.92 Å². The third-order valence-electron chi connectivity index (χ3n) is 25.3. The minimum Gasteiger partial charge on any atom is -0.459 e. The summed E-state index contributed by atoms with van der Waals surface area (Å²) in [6.07, 6.45) is 38.6. The lowest BCUT2D eigenvalue weighted by molar-refractivity contribution is 0.517. The van der Waals surface area contributed by atoms with Crippen molar-refractivity contribution >= 4 is 105 Å². The van der Waals surface area contributed by atoms with Gasteiger partial charge in [-0.25, -0.2) is 0 Å². The van der Waals surface area contributed by atoms with Crippen molar-refractivity contribution in [3.05, 3.63) is 451 Å². The molecule has 0 amide bonds. The predicted octanol–water partition coefficient (Wildman–Crippen LogP) is 31.2. The van der Waals surface area contributed by atoms with Crippen LogP contribution in [0.3, 0.4) is 0 Å². The first-order valence-corrected chi connectivity index (χ1v) is 41.8. The molecule has 17 aromatic rings. The van der Waals surface area contributed by atoms with E-state index in [9.17, 15) is 0 Å². The van der Waals surface area contributed by atoms with E-state index in [2.05, 4.69) is 422 Å². The van der Waals surface area contributed by atoms with Gasteiger partial charge in [0.05, 0.1) is 11.7 Å². The molecule has 2 aromatic heterocycles. The molecule has 4 nitrogen and oxygen atoms in total. The van der Waals surface area contributed by atoms with E-state index in [1.807, 2.05) is 0 Å². The fourth-order valence-electron chi connectivity index (χ4n) is 19.5. The maximum absolute atomic E-state index is 7.06. The lowest BCUT2D eigenvalue weighted by atomic mass is 9.81. The highest BCUT2D eigenvalue weighted by Gasteiger charge is 2.31. The topological polar surface area (TPSA) is 32.8 Å². The number of nitrogens with zero attached hydrogens (tertiary/aromatic N) is 2. The Morgan fingerprint density at radius 3 is 1.69 bits per heavy atom. The fraction of sp³-hybridized carbons (Fsp3) is 0.0877. The Hall–Kier alpha value is -14.3. The number of furan rings is 2. The van der Waals surface area contributed by atoms with Crippen LogP contribution in [0.15, 0.2) is 427 Å². The van der Waals surface area contributed by atoms with Gasteiger partial charge in [-0.2, -0.15) is 0 Å². The summed E-state index contributed by atoms with van der Waals surface area (Å²) in [4.78, 5) is 5.07. The van der Waals surface area contributed by atoms with Crippen LogP contribution >= 0.6 is 0 Å². The van der Waals surface area contributed by atoms with E-state index in [0.717, 1.165) is 150 Å². The van der Waals surface area contributed by atoms with Gasteiger partial charge in [-0.1, -0.05) is 346 Å². The van der Waals surface area contributed by atoms with Crippen LogP contribution < -0.4 is 9.80 Å². The van der Waals surface area contributed by atoms with Gasteiger partial charge in [-0.3, -0.25) is 0 Å². The lowest BCUT2D eigenvalue weighted by Gasteiger charge is -2.37. The molecule has 22 rings (SSSR count). The Bertz CT molecular complexity index is 7120. The van der Waals surface area contributed by atoms with Crippen LogP contribution in [0.25, 0.3) is 138 Å². The summed E-state index contributed by atoms with van der Waals surface area (Å²) in [6, 6.07) is 121. The molecule has 4 atom stereocenters. The number of allylic oxidation sites excluding steroid dienone is 15. The molecule has 118 heavy (non-hydrogen) atoms. The van der Waals surface area contributed by atoms with Crippen LogP contribution in [0.5, 0.6) is 0 Å². The maximum Gasteiger partial charge on any atom is 0.143 e. The van der Waals surface area contributed by atoms with Gasteiger partial charge in [0.15, 0.2) is 0 Å². The van der Waals surface area contributed by atoms with Crippen molar-refractivity contribution in [1.29, 1.82) is 0 Å². The van der Waals surface area contributed by atoms with Gasteiger partial charge in [-0.15, -0.1) is 0 Å². The van der Waals surface area contributed by atoms with Gasteiger partial charge >= 0.3 is 0 Å². The quantitative estimate of drug-likeness (QED) is 0.0903. The molecule has 2 heterocycles. The van der Waals surface area contributed by atoms with Crippen molar-refractivity contribution < 1.29 is 8.83 Å². The summed E-state index contributed by atoms with van der Waals surface area (Å²) >= 11 is 0. The minimum atomic E-state index is 0.154. The van der Waals surface area contributed by atoms with Gasteiger partial charge in [0, 0.05) is 78.7 Å². The van der Waals surface area contributed by atoms with E-state index in [0.29, 0.717) is 0 Å². The average Bonchev–Trinajstić information content (AvgIpc) is 1.09. The molecule has 4 heteroatoms. The van der Waals surface area contributed by atoms with Crippen LogP contribution in [0.2, 0.25) is 0 Å². The van der Waals surface area contributed by atoms with Crippen molar-refractivity contribution in [2.75, 3.05) is 9.80 Å². The highest BCUT2D eigenvalue weighted by atomic mass is 16.3. The Morgan fingerprint density at radius 1 is 0.347 bits per heavy atom. The second-order valence-electron chi connectivity index (χ2n) is 32.2. The van der Waals surface area contributed by atoms with Crippen LogP contribution in [-0.2, 0) is 0 Å². The third kappa shape index (κ3) is 12.9. The summed E-state index contributed by atoms with van der Waals surface area (Å²) in [7, 11) is 0. The van der Waals surface area contributed by atoms with E-state index >= 15 is 0 Å². The molecule has 4 unspecified atom stereocenters. The average molecular weight is 1510 g/mol. The summed E-state index contributed by atoms with van der Waals surface area (Å²) in [6.45, 7) is 0. The second kappa shape index (κ2) is 30.1. The smallest absolute Gasteiger partial charge is 0.143 e. The number of rotatable bonds is 16. The van der Waals surface area contributed by atoms with Crippen molar-refractivity contribution in [2.45, 2.75) is 56.4 Å². The zero-order valence-electron chi connectivity index (χ0n) is 65.5. The van der Waals surface area contributed by atoms with Crippen LogP contribution in [0.1, 0.15) is 83.9 Å². The van der Waals surface area contributed by atoms with Crippen LogP contribution in [0.4, 0.5) is 22.7 Å². The normalized spacial score (nSPS) is 17.0. The van der Waals surface area contributed by atoms with Crippen molar-refractivity contribution in [2.24, 2.45) is 5.92 Å². The third-order valence-corrected chi connectivity index (χ3v) is 25.3. The van der Waals surface area contributed by atoms with Crippen molar-refractivity contribution in [3.63, 3.8) is 0 Å². The summed E-state index contributed by atoms with van der Waals surface area (Å²) in [5, 5.41) is 10.9. The van der Waals surface area contributed by atoms with Crippen molar-refractivity contribution in [3.8, 4) is 55.6 Å².